The molecule has 1 N–H and O–H groups in total. The molecule has 0 saturated carbocycles. The molecule has 5 rings (SSSR count). The molecule has 0 aliphatic heterocycles. The van der Waals surface area contributed by atoms with Gasteiger partial charge in [0.1, 0.15) is 40.2 Å². The number of nitrogens with zero attached hydrogens (tertiary/aromatic N) is 2. The quantitative estimate of drug-likeness (QED) is 0.373. The number of carbonyl (C=O) groups excluding carboxylic acids is 1. The van der Waals surface area contributed by atoms with Gasteiger partial charge in [0.25, 0.3) is 5.91 Å². The molecule has 3 heterocycles. The van der Waals surface area contributed by atoms with Crippen LogP contribution in [-0.4, -0.2) is 22.9 Å². The van der Waals surface area contributed by atoms with Gasteiger partial charge in [0.05, 0.1) is 11.1 Å². The molecule has 1 amide bonds. The van der Waals surface area contributed by atoms with Crippen molar-refractivity contribution in [1.82, 2.24) is 15.3 Å². The van der Waals surface area contributed by atoms with Crippen LogP contribution in [0.4, 0.5) is 0 Å². The fraction of sp³-hybridized carbons (Fsp3) is 0.125. The van der Waals surface area contributed by atoms with E-state index in [9.17, 15) is 4.79 Å². The van der Waals surface area contributed by atoms with Crippen molar-refractivity contribution in [2.45, 2.75) is 13.5 Å². The molecule has 2 aromatic carbocycles. The van der Waals surface area contributed by atoms with E-state index in [4.69, 9.17) is 13.9 Å². The molecule has 0 saturated heterocycles. The van der Waals surface area contributed by atoms with Gasteiger partial charge in [-0.1, -0.05) is 0 Å². The summed E-state index contributed by atoms with van der Waals surface area (Å²) in [5.41, 5.74) is 1.89. The minimum Gasteiger partial charge on any atom is -0.486 e. The Morgan fingerprint density at radius 2 is 1.91 bits per heavy atom. The lowest BCUT2D eigenvalue weighted by atomic mass is 10.1. The number of nitrogens with one attached hydrogen (secondary N) is 1. The largest absolute Gasteiger partial charge is 0.486 e. The highest BCUT2D eigenvalue weighted by molar-refractivity contribution is 7.09. The molecule has 5 aromatic rings. The zero-order chi connectivity index (χ0) is 22.1. The number of carbonyl (C=O) groups is 1. The number of ether oxygens (including phenoxy) is 2. The molecule has 0 aliphatic rings. The normalized spacial score (nSPS) is 11.1. The first-order chi connectivity index (χ1) is 15.6. The lowest BCUT2D eigenvalue weighted by Gasteiger charge is -2.10. The van der Waals surface area contributed by atoms with Crippen LogP contribution in [0.25, 0.3) is 21.9 Å². The third-order valence-electron chi connectivity index (χ3n) is 5.04. The average Bonchev–Trinajstić information content (AvgIpc) is 3.44. The Morgan fingerprint density at radius 1 is 1.06 bits per heavy atom. The molecule has 0 radical (unpaired) electrons. The first-order valence-electron chi connectivity index (χ1n) is 9.95. The number of rotatable bonds is 6. The highest BCUT2D eigenvalue weighted by Gasteiger charge is 2.18. The summed E-state index contributed by atoms with van der Waals surface area (Å²) in [7, 11) is 1.60. The van der Waals surface area contributed by atoms with Gasteiger partial charge in [-0.3, -0.25) is 9.78 Å². The van der Waals surface area contributed by atoms with Gasteiger partial charge in [-0.15, -0.1) is 11.3 Å². The molecule has 0 spiro atoms. The van der Waals surface area contributed by atoms with Crippen LogP contribution >= 0.6 is 11.3 Å². The Kier molecular flexibility index (Phi) is 5.20. The average molecular weight is 446 g/mol. The topological polar surface area (TPSA) is 86.5 Å². The maximum Gasteiger partial charge on any atom is 0.255 e. The standard InChI is InChI=1S/C24H19N3O4S/c1-14-23(24(28)25-2)18-6-4-16(12-21(18)30-14)31-20-7-8-26-19-11-15(3-5-17(19)20)29-13-22-27-9-10-32-22/h3-12H,13H2,1-2H3,(H,25,28). The fourth-order valence-corrected chi connectivity index (χ4v) is 4.07. The molecule has 160 valence electrons. The van der Waals surface area contributed by atoms with Crippen molar-refractivity contribution < 1.29 is 18.7 Å². The fourth-order valence-electron chi connectivity index (χ4n) is 3.55. The molecule has 8 heteroatoms. The number of amides is 1. The number of aromatic nitrogens is 2. The lowest BCUT2D eigenvalue weighted by molar-refractivity contribution is 0.0963. The molecular formula is C24H19N3O4S. The summed E-state index contributed by atoms with van der Waals surface area (Å²) in [4.78, 5) is 20.8. The van der Waals surface area contributed by atoms with Crippen molar-refractivity contribution >= 4 is 39.1 Å². The summed E-state index contributed by atoms with van der Waals surface area (Å²) in [6, 6.07) is 12.9. The van der Waals surface area contributed by atoms with E-state index in [2.05, 4.69) is 15.3 Å². The highest BCUT2D eigenvalue weighted by atomic mass is 32.1. The van der Waals surface area contributed by atoms with Gasteiger partial charge in [0, 0.05) is 47.7 Å². The summed E-state index contributed by atoms with van der Waals surface area (Å²) < 4.78 is 17.8. The van der Waals surface area contributed by atoms with Gasteiger partial charge in [-0.05, 0) is 37.3 Å². The Labute approximate surface area is 187 Å². The summed E-state index contributed by atoms with van der Waals surface area (Å²) in [5.74, 6) is 2.37. The lowest BCUT2D eigenvalue weighted by Crippen LogP contribution is -2.18. The maximum absolute atomic E-state index is 12.2. The predicted molar refractivity (Wildman–Crippen MR) is 123 cm³/mol. The smallest absolute Gasteiger partial charge is 0.255 e. The van der Waals surface area contributed by atoms with E-state index in [-0.39, 0.29) is 5.91 Å². The molecule has 0 aliphatic carbocycles. The van der Waals surface area contributed by atoms with E-state index in [1.165, 1.54) is 0 Å². The van der Waals surface area contributed by atoms with Crippen LogP contribution in [0, 0.1) is 6.92 Å². The van der Waals surface area contributed by atoms with Gasteiger partial charge < -0.3 is 19.2 Å². The first kappa shape index (κ1) is 20.0. The summed E-state index contributed by atoms with van der Waals surface area (Å²) in [6.45, 7) is 2.19. The van der Waals surface area contributed by atoms with Crippen molar-refractivity contribution in [2.75, 3.05) is 7.05 Å². The summed E-state index contributed by atoms with van der Waals surface area (Å²) in [5, 5.41) is 7.09. The number of hydrogen-bond acceptors (Lipinski definition) is 7. The molecule has 3 aromatic heterocycles. The highest BCUT2D eigenvalue weighted by Crippen LogP contribution is 2.34. The van der Waals surface area contributed by atoms with Crippen molar-refractivity contribution in [2.24, 2.45) is 0 Å². The van der Waals surface area contributed by atoms with E-state index in [0.717, 1.165) is 21.3 Å². The van der Waals surface area contributed by atoms with Crippen LogP contribution in [0.5, 0.6) is 17.2 Å². The molecule has 7 nitrogen and oxygen atoms in total. The number of aryl methyl sites for hydroxylation is 1. The summed E-state index contributed by atoms with van der Waals surface area (Å²) in [6.07, 6.45) is 3.46. The van der Waals surface area contributed by atoms with Gasteiger partial charge >= 0.3 is 0 Å². The predicted octanol–water partition coefficient (Wildman–Crippen LogP) is 5.48. The Balaban J connectivity index is 1.42. The number of thiazole rings is 1. The zero-order valence-electron chi connectivity index (χ0n) is 17.4. The van der Waals surface area contributed by atoms with Crippen molar-refractivity contribution in [3.8, 4) is 17.2 Å². The third-order valence-corrected chi connectivity index (χ3v) is 5.79. The van der Waals surface area contributed by atoms with Gasteiger partial charge in [0.2, 0.25) is 0 Å². The van der Waals surface area contributed by atoms with E-state index < -0.39 is 0 Å². The Morgan fingerprint density at radius 3 is 2.72 bits per heavy atom. The second kappa shape index (κ2) is 8.32. The van der Waals surface area contributed by atoms with E-state index in [1.807, 2.05) is 41.8 Å². The van der Waals surface area contributed by atoms with Crippen LogP contribution in [0.2, 0.25) is 0 Å². The Bertz CT molecular complexity index is 1430. The molecule has 0 fully saturated rings. The molecule has 0 unspecified atom stereocenters. The first-order valence-corrected chi connectivity index (χ1v) is 10.8. The molecule has 32 heavy (non-hydrogen) atoms. The van der Waals surface area contributed by atoms with E-state index in [0.29, 0.717) is 40.8 Å². The number of furan rings is 1. The Hall–Kier alpha value is -3.91. The van der Waals surface area contributed by atoms with E-state index >= 15 is 0 Å². The number of fused-ring (bicyclic) bond motifs is 2. The van der Waals surface area contributed by atoms with Crippen LogP contribution < -0.4 is 14.8 Å². The number of pyridine rings is 1. The van der Waals surface area contributed by atoms with Crippen molar-refractivity contribution in [3.05, 3.63) is 76.6 Å². The van der Waals surface area contributed by atoms with E-state index in [1.54, 1.807) is 43.8 Å². The SMILES string of the molecule is CNC(=O)c1c(C)oc2cc(Oc3ccnc4cc(OCc5nccs5)ccc34)ccc12. The number of hydrogen-bond donors (Lipinski definition) is 1. The summed E-state index contributed by atoms with van der Waals surface area (Å²) >= 11 is 1.55. The third kappa shape index (κ3) is 3.76. The van der Waals surface area contributed by atoms with Crippen LogP contribution in [0.15, 0.2) is 64.7 Å². The van der Waals surface area contributed by atoms with Gasteiger partial charge in [-0.25, -0.2) is 4.98 Å². The van der Waals surface area contributed by atoms with Gasteiger partial charge in [-0.2, -0.15) is 0 Å². The van der Waals surface area contributed by atoms with Crippen molar-refractivity contribution in [3.63, 3.8) is 0 Å². The second-order valence-electron chi connectivity index (χ2n) is 7.07. The second-order valence-corrected chi connectivity index (χ2v) is 8.05. The van der Waals surface area contributed by atoms with Gasteiger partial charge in [0.15, 0.2) is 0 Å². The monoisotopic (exact) mass is 445 g/mol. The number of benzene rings is 2. The minimum atomic E-state index is -0.178. The van der Waals surface area contributed by atoms with Crippen LogP contribution in [-0.2, 0) is 6.61 Å². The van der Waals surface area contributed by atoms with Crippen LogP contribution in [0.1, 0.15) is 21.1 Å². The van der Waals surface area contributed by atoms with Crippen LogP contribution in [0.3, 0.4) is 0 Å². The minimum absolute atomic E-state index is 0.178. The maximum atomic E-state index is 12.2. The zero-order valence-corrected chi connectivity index (χ0v) is 18.2. The molecule has 0 bridgehead atoms. The molecular weight excluding hydrogens is 426 g/mol. The molecule has 0 atom stereocenters. The van der Waals surface area contributed by atoms with Crippen molar-refractivity contribution in [1.29, 1.82) is 0 Å².